The Labute approximate surface area is 262 Å². The minimum Gasteiger partial charge on any atom is -0.481 e. The predicted octanol–water partition coefficient (Wildman–Crippen LogP) is 5.31. The molecule has 11 nitrogen and oxygen atoms in total. The molecule has 3 N–H and O–H groups in total. The van der Waals surface area contributed by atoms with E-state index in [0.29, 0.717) is 53.6 Å². The van der Waals surface area contributed by atoms with E-state index < -0.39 is 23.7 Å². The van der Waals surface area contributed by atoms with Gasteiger partial charge in [0, 0.05) is 48.8 Å². The molecule has 45 heavy (non-hydrogen) atoms. The number of hydrogen-bond acceptors (Lipinski definition) is 8. The van der Waals surface area contributed by atoms with Crippen LogP contribution >= 0.6 is 11.6 Å². The maximum atomic E-state index is 13.2. The third-order valence-corrected chi connectivity index (χ3v) is 9.22. The van der Waals surface area contributed by atoms with Crippen LogP contribution in [0, 0.1) is 5.41 Å². The third-order valence-electron chi connectivity index (χ3n) is 8.91. The van der Waals surface area contributed by atoms with E-state index in [9.17, 15) is 23.5 Å². The number of alkyl halides is 2. The molecule has 14 heteroatoms. The minimum atomic E-state index is -2.74. The van der Waals surface area contributed by atoms with Crippen LogP contribution in [-0.2, 0) is 9.53 Å². The van der Waals surface area contributed by atoms with Gasteiger partial charge in [-0.2, -0.15) is 0 Å². The molecule has 4 aromatic rings. The van der Waals surface area contributed by atoms with E-state index in [4.69, 9.17) is 27.2 Å². The van der Waals surface area contributed by atoms with E-state index in [-0.39, 0.29) is 34.1 Å². The number of carbonyl (C=O) groups excluding carboxylic acids is 1. The summed E-state index contributed by atoms with van der Waals surface area (Å²) < 4.78 is 34.4. The number of hydrazine groups is 1. The molecule has 2 fully saturated rings. The molecule has 1 saturated heterocycles. The number of carboxylic acids is 1. The first kappa shape index (κ1) is 31.0. The minimum absolute atomic E-state index is 0.0618. The molecular formula is C31H32ClF2N7O4. The molecule has 6 rings (SSSR count). The molecule has 0 unspecified atom stereocenters. The predicted molar refractivity (Wildman–Crippen MR) is 162 cm³/mol. The smallest absolute Gasteiger partial charge is 0.309 e. The molecule has 1 atom stereocenters. The Morgan fingerprint density at radius 1 is 1.20 bits per heavy atom. The lowest BCUT2D eigenvalue weighted by atomic mass is 9.73. The molecule has 236 valence electrons. The topological polar surface area (TPSA) is 139 Å². The third kappa shape index (κ3) is 6.00. The summed E-state index contributed by atoms with van der Waals surface area (Å²) in [5.74, 6) is 5.05. The Hall–Kier alpha value is -4.04. The summed E-state index contributed by atoms with van der Waals surface area (Å²) in [6.07, 6.45) is 6.14. The van der Waals surface area contributed by atoms with Gasteiger partial charge >= 0.3 is 5.97 Å². The van der Waals surface area contributed by atoms with Gasteiger partial charge in [0.2, 0.25) is 0 Å². The lowest BCUT2D eigenvalue weighted by Crippen LogP contribution is -2.48. The number of aliphatic carboxylic acids is 1. The van der Waals surface area contributed by atoms with Crippen molar-refractivity contribution in [3.05, 3.63) is 77.1 Å². The Morgan fingerprint density at radius 3 is 2.69 bits per heavy atom. The second-order valence-electron chi connectivity index (χ2n) is 11.7. The van der Waals surface area contributed by atoms with E-state index in [1.807, 2.05) is 17.5 Å². The summed E-state index contributed by atoms with van der Waals surface area (Å²) in [5, 5.41) is 10.4. The molecule has 1 amide bonds. The Kier molecular flexibility index (Phi) is 8.53. The van der Waals surface area contributed by atoms with Crippen LogP contribution in [0.4, 0.5) is 14.6 Å². The quantitative estimate of drug-likeness (QED) is 0.156. The van der Waals surface area contributed by atoms with Crippen LogP contribution in [-0.4, -0.2) is 67.0 Å². The highest BCUT2D eigenvalue weighted by atomic mass is 35.5. The van der Waals surface area contributed by atoms with E-state index in [1.165, 1.54) is 6.07 Å². The van der Waals surface area contributed by atoms with E-state index >= 15 is 0 Å². The second-order valence-corrected chi connectivity index (χ2v) is 12.1. The Morgan fingerprint density at radius 2 is 1.98 bits per heavy atom. The number of anilines is 1. The van der Waals surface area contributed by atoms with Gasteiger partial charge in [-0.25, -0.2) is 29.6 Å². The summed E-state index contributed by atoms with van der Waals surface area (Å²) in [4.78, 5) is 40.4. The molecule has 1 aliphatic carbocycles. The zero-order chi connectivity index (χ0) is 31.9. The number of imidazole rings is 1. The molecule has 1 aromatic carbocycles. The van der Waals surface area contributed by atoms with Gasteiger partial charge in [-0.05, 0) is 56.9 Å². The number of morpholine rings is 1. The van der Waals surface area contributed by atoms with Gasteiger partial charge in [0.05, 0.1) is 40.0 Å². The number of benzene rings is 1. The zero-order valence-corrected chi connectivity index (χ0v) is 25.2. The van der Waals surface area contributed by atoms with Crippen molar-refractivity contribution in [3.8, 4) is 11.3 Å². The fourth-order valence-electron chi connectivity index (χ4n) is 6.15. The normalized spacial score (nSPS) is 22.5. The second kappa shape index (κ2) is 12.4. The van der Waals surface area contributed by atoms with Crippen molar-refractivity contribution in [1.29, 1.82) is 0 Å². The lowest BCUT2D eigenvalue weighted by Gasteiger charge is -2.42. The number of pyridine rings is 1. The first-order chi connectivity index (χ1) is 21.6. The average Bonchev–Trinajstić information content (AvgIpc) is 3.44. The number of carbonyl (C=O) groups is 2. The van der Waals surface area contributed by atoms with Gasteiger partial charge in [0.25, 0.3) is 12.3 Å². The number of aromatic nitrogens is 4. The van der Waals surface area contributed by atoms with Crippen LogP contribution in [0.15, 0.2) is 55.1 Å². The van der Waals surface area contributed by atoms with Crippen LogP contribution in [0.25, 0.3) is 16.8 Å². The number of nitrogens with zero attached hydrogens (tertiary/aromatic N) is 6. The highest BCUT2D eigenvalue weighted by Crippen LogP contribution is 2.39. The van der Waals surface area contributed by atoms with Crippen LogP contribution in [0.3, 0.4) is 0 Å². The van der Waals surface area contributed by atoms with Gasteiger partial charge in [-0.15, -0.1) is 0 Å². The van der Waals surface area contributed by atoms with Crippen molar-refractivity contribution in [2.45, 2.75) is 51.2 Å². The first-order valence-electron chi connectivity index (χ1n) is 14.6. The lowest BCUT2D eigenvalue weighted by molar-refractivity contribution is -0.151. The number of rotatable bonds is 7. The Balaban J connectivity index is 1.24. The SMILES string of the molecule is CC1(C(=O)O)CCC(N2CCO[C@@H](c3nc(-c4ccc(C(=O)N(N)c5cc(C(F)F)ccn5)c(Cl)c4)c4cnccn34)C2)CC1. The van der Waals surface area contributed by atoms with Gasteiger partial charge < -0.3 is 9.84 Å². The van der Waals surface area contributed by atoms with Gasteiger partial charge in [0.1, 0.15) is 11.9 Å². The maximum Gasteiger partial charge on any atom is 0.309 e. The van der Waals surface area contributed by atoms with Crippen LogP contribution in [0.5, 0.6) is 0 Å². The molecule has 2 aliphatic rings. The first-order valence-corrected chi connectivity index (χ1v) is 15.0. The summed E-state index contributed by atoms with van der Waals surface area (Å²) in [6.45, 7) is 3.71. The number of carboxylic acid groups (broad SMARTS) is 1. The van der Waals surface area contributed by atoms with Crippen molar-refractivity contribution < 1.29 is 28.2 Å². The largest absolute Gasteiger partial charge is 0.481 e. The average molecular weight is 640 g/mol. The fraction of sp³-hybridized carbons (Fsp3) is 0.387. The molecule has 4 heterocycles. The number of nitrogens with two attached hydrogens (primary N) is 1. The molecule has 1 aliphatic heterocycles. The number of ether oxygens (including phenoxy) is 1. The maximum absolute atomic E-state index is 13.2. The molecule has 1 saturated carbocycles. The van der Waals surface area contributed by atoms with Crippen molar-refractivity contribution in [1.82, 2.24) is 24.3 Å². The number of amides is 1. The summed E-state index contributed by atoms with van der Waals surface area (Å²) in [6, 6.07) is 7.26. The fourth-order valence-corrected chi connectivity index (χ4v) is 6.41. The summed E-state index contributed by atoms with van der Waals surface area (Å²) in [5.41, 5.74) is 1.00. The molecular weight excluding hydrogens is 608 g/mol. The molecule has 3 aromatic heterocycles. The van der Waals surface area contributed by atoms with Crippen LogP contribution in [0.2, 0.25) is 5.02 Å². The van der Waals surface area contributed by atoms with Crippen molar-refractivity contribution in [2.24, 2.45) is 11.3 Å². The van der Waals surface area contributed by atoms with Crippen molar-refractivity contribution in [2.75, 3.05) is 24.7 Å². The van der Waals surface area contributed by atoms with E-state index in [2.05, 4.69) is 14.9 Å². The van der Waals surface area contributed by atoms with Gasteiger partial charge in [-0.1, -0.05) is 17.7 Å². The van der Waals surface area contributed by atoms with Crippen LogP contribution < -0.4 is 10.9 Å². The number of halogens is 3. The van der Waals surface area contributed by atoms with E-state index in [1.54, 1.807) is 24.5 Å². The van der Waals surface area contributed by atoms with E-state index in [0.717, 1.165) is 37.7 Å². The van der Waals surface area contributed by atoms with Crippen molar-refractivity contribution in [3.63, 3.8) is 0 Å². The van der Waals surface area contributed by atoms with Crippen molar-refractivity contribution >= 4 is 34.8 Å². The van der Waals surface area contributed by atoms with Gasteiger partial charge in [-0.3, -0.25) is 23.9 Å². The number of fused-ring (bicyclic) bond motifs is 1. The summed E-state index contributed by atoms with van der Waals surface area (Å²) in [7, 11) is 0. The highest BCUT2D eigenvalue weighted by molar-refractivity contribution is 6.34. The molecule has 0 radical (unpaired) electrons. The zero-order valence-electron chi connectivity index (χ0n) is 24.4. The monoisotopic (exact) mass is 639 g/mol. The van der Waals surface area contributed by atoms with Crippen LogP contribution in [0.1, 0.15) is 66.9 Å². The van der Waals surface area contributed by atoms with Gasteiger partial charge in [0.15, 0.2) is 5.82 Å². The Bertz CT molecular complexity index is 1740. The number of hydrogen-bond donors (Lipinski definition) is 2. The highest BCUT2D eigenvalue weighted by Gasteiger charge is 2.40. The molecule has 0 spiro atoms. The standard InChI is InChI=1S/C31H32ClF2N7O4/c1-31(30(43)44)7-4-20(5-8-31)39-12-13-45-24(17-39)28-38-26(23-16-36-10-11-40(23)28)18-2-3-21(22(32)14-18)29(42)41(35)25-15-19(27(33)34)6-9-37-25/h2-3,6,9-11,14-16,20,24,27H,4-5,7-8,12-13,17,35H2,1H3,(H,43,44)/t20?,24-,31?/m1/s1. The summed E-state index contributed by atoms with van der Waals surface area (Å²) >= 11 is 6.58. The molecule has 0 bridgehead atoms.